The van der Waals surface area contributed by atoms with Crippen molar-refractivity contribution in [2.24, 2.45) is 0 Å². The number of hydrogen-bond acceptors (Lipinski definition) is 3. The van der Waals surface area contributed by atoms with Crippen molar-refractivity contribution in [1.29, 1.82) is 0 Å². The van der Waals surface area contributed by atoms with Gasteiger partial charge >= 0.3 is 0 Å². The molecule has 0 heterocycles. The summed E-state index contributed by atoms with van der Waals surface area (Å²) in [4.78, 5) is 3.36. The zero-order valence-corrected chi connectivity index (χ0v) is 9.43. The highest BCUT2D eigenvalue weighted by Gasteiger charge is 2.25. The van der Waals surface area contributed by atoms with E-state index in [4.69, 9.17) is 11.3 Å². The fourth-order valence-electron chi connectivity index (χ4n) is 0.937. The van der Waals surface area contributed by atoms with E-state index < -0.39 is 0 Å². The largest absolute Gasteiger partial charge is 0.383 e. The molecule has 0 aliphatic carbocycles. The average Bonchev–Trinajstić information content (AvgIpc) is 2.02. The molecule has 4 heteroatoms. The Morgan fingerprint density at radius 1 is 1.58 bits per heavy atom. The molecule has 0 fully saturated rings. The van der Waals surface area contributed by atoms with E-state index in [1.807, 2.05) is 0 Å². The molecule has 0 amide bonds. The standard InChI is InChI=1S/C8H15NOS2/c1-8(7-10-3,12-11-4)5-6-9-2/h5-7H2,1,3-4H3. The fraction of sp³-hybridized carbons (Fsp3) is 0.875. The van der Waals surface area contributed by atoms with Gasteiger partial charge in [-0.25, -0.2) is 6.57 Å². The van der Waals surface area contributed by atoms with Crippen molar-refractivity contribution in [3.8, 4) is 0 Å². The minimum Gasteiger partial charge on any atom is -0.383 e. The second kappa shape index (κ2) is 6.64. The Morgan fingerprint density at radius 2 is 2.25 bits per heavy atom. The summed E-state index contributed by atoms with van der Waals surface area (Å²) >= 11 is 0. The smallest absolute Gasteiger partial charge is 0.216 e. The van der Waals surface area contributed by atoms with Crippen LogP contribution in [0.1, 0.15) is 13.3 Å². The van der Waals surface area contributed by atoms with Gasteiger partial charge in [-0.3, -0.25) is 0 Å². The van der Waals surface area contributed by atoms with Crippen LogP contribution in [0.4, 0.5) is 0 Å². The maximum atomic E-state index is 6.72. The van der Waals surface area contributed by atoms with Crippen molar-refractivity contribution in [3.63, 3.8) is 0 Å². The first kappa shape index (κ1) is 12.2. The molecule has 0 saturated carbocycles. The first-order chi connectivity index (χ1) is 5.68. The fourth-order valence-corrected chi connectivity index (χ4v) is 3.28. The van der Waals surface area contributed by atoms with Crippen LogP contribution in [-0.2, 0) is 4.74 Å². The highest BCUT2D eigenvalue weighted by atomic mass is 33.1. The van der Waals surface area contributed by atoms with Crippen LogP contribution in [0.25, 0.3) is 4.85 Å². The molecule has 0 aliphatic rings. The van der Waals surface area contributed by atoms with Crippen molar-refractivity contribution < 1.29 is 4.74 Å². The van der Waals surface area contributed by atoms with Gasteiger partial charge in [0.15, 0.2) is 0 Å². The molecule has 1 atom stereocenters. The minimum atomic E-state index is 0.0959. The van der Waals surface area contributed by atoms with E-state index in [0.29, 0.717) is 13.2 Å². The molecule has 0 aromatic rings. The van der Waals surface area contributed by atoms with Crippen molar-refractivity contribution >= 4 is 21.6 Å². The molecule has 0 radical (unpaired) electrons. The SMILES string of the molecule is [C-]#[N+]CCC(C)(COC)SSC. The summed E-state index contributed by atoms with van der Waals surface area (Å²) in [7, 11) is 5.23. The van der Waals surface area contributed by atoms with Crippen LogP contribution in [0, 0.1) is 6.57 Å². The molecule has 1 unspecified atom stereocenters. The van der Waals surface area contributed by atoms with Crippen molar-refractivity contribution in [2.45, 2.75) is 18.1 Å². The lowest BCUT2D eigenvalue weighted by atomic mass is 10.1. The molecule has 0 aromatic carbocycles. The van der Waals surface area contributed by atoms with E-state index in [1.54, 1.807) is 28.7 Å². The van der Waals surface area contributed by atoms with E-state index in [1.165, 1.54) is 0 Å². The van der Waals surface area contributed by atoms with Gasteiger partial charge in [-0.1, -0.05) is 21.6 Å². The third-order valence-corrected chi connectivity index (χ3v) is 4.08. The van der Waals surface area contributed by atoms with E-state index in [-0.39, 0.29) is 4.75 Å². The zero-order chi connectivity index (χ0) is 9.45. The third-order valence-electron chi connectivity index (χ3n) is 1.49. The summed E-state index contributed by atoms with van der Waals surface area (Å²) in [6.07, 6.45) is 2.95. The van der Waals surface area contributed by atoms with Gasteiger partial charge in [0.05, 0.1) is 11.4 Å². The first-order valence-corrected chi connectivity index (χ1v) is 6.28. The van der Waals surface area contributed by atoms with Gasteiger partial charge < -0.3 is 9.58 Å². The number of hydrogen-bond donors (Lipinski definition) is 0. The van der Waals surface area contributed by atoms with Gasteiger partial charge in [-0.2, -0.15) is 0 Å². The first-order valence-electron chi connectivity index (χ1n) is 3.72. The molecular formula is C8H15NOS2. The molecule has 12 heavy (non-hydrogen) atoms. The average molecular weight is 205 g/mol. The maximum Gasteiger partial charge on any atom is 0.216 e. The van der Waals surface area contributed by atoms with Gasteiger partial charge in [-0.05, 0) is 13.2 Å². The summed E-state index contributed by atoms with van der Waals surface area (Å²) < 4.78 is 5.22. The molecular weight excluding hydrogens is 190 g/mol. The second-order valence-electron chi connectivity index (χ2n) is 2.76. The minimum absolute atomic E-state index is 0.0959. The Labute approximate surface area is 82.7 Å². The lowest BCUT2D eigenvalue weighted by Gasteiger charge is -2.24. The van der Waals surface area contributed by atoms with E-state index in [9.17, 15) is 0 Å². The van der Waals surface area contributed by atoms with Crippen LogP contribution in [0.5, 0.6) is 0 Å². The van der Waals surface area contributed by atoms with Crippen LogP contribution in [0.3, 0.4) is 0 Å². The zero-order valence-electron chi connectivity index (χ0n) is 7.79. The van der Waals surface area contributed by atoms with Crippen LogP contribution in [0.2, 0.25) is 0 Å². The molecule has 2 nitrogen and oxygen atoms in total. The van der Waals surface area contributed by atoms with Crippen molar-refractivity contribution in [1.82, 2.24) is 0 Å². The summed E-state index contributed by atoms with van der Waals surface area (Å²) in [5, 5.41) is 0. The van der Waals surface area contributed by atoms with Gasteiger partial charge in [0, 0.05) is 13.5 Å². The maximum absolute atomic E-state index is 6.72. The van der Waals surface area contributed by atoms with E-state index >= 15 is 0 Å². The number of nitrogens with zero attached hydrogens (tertiary/aromatic N) is 1. The Kier molecular flexibility index (Phi) is 6.73. The Morgan fingerprint density at radius 3 is 2.67 bits per heavy atom. The van der Waals surface area contributed by atoms with Crippen LogP contribution < -0.4 is 0 Å². The van der Waals surface area contributed by atoms with Crippen molar-refractivity contribution in [3.05, 3.63) is 11.4 Å². The monoisotopic (exact) mass is 205 g/mol. The van der Waals surface area contributed by atoms with Crippen LogP contribution in [0.15, 0.2) is 0 Å². The number of ether oxygens (including phenoxy) is 1. The quantitative estimate of drug-likeness (QED) is 0.489. The van der Waals surface area contributed by atoms with Gasteiger partial charge in [0.25, 0.3) is 0 Å². The highest BCUT2D eigenvalue weighted by Crippen LogP contribution is 2.36. The summed E-state index contributed by atoms with van der Waals surface area (Å²) in [5.74, 6) is 0. The molecule has 0 spiro atoms. The molecule has 0 N–H and O–H groups in total. The lowest BCUT2D eigenvalue weighted by Crippen LogP contribution is -2.26. The molecule has 70 valence electrons. The Balaban J connectivity index is 3.90. The van der Waals surface area contributed by atoms with Gasteiger partial charge in [-0.15, -0.1) is 0 Å². The van der Waals surface area contributed by atoms with Crippen molar-refractivity contribution in [2.75, 3.05) is 26.5 Å². The Bertz CT molecular complexity index is 150. The topological polar surface area (TPSA) is 13.6 Å². The summed E-state index contributed by atoms with van der Waals surface area (Å²) in [6.45, 7) is 10.2. The van der Waals surface area contributed by atoms with E-state index in [2.05, 4.69) is 18.0 Å². The molecule has 0 aliphatic heterocycles. The lowest BCUT2D eigenvalue weighted by molar-refractivity contribution is 0.172. The van der Waals surface area contributed by atoms with E-state index in [0.717, 1.165) is 6.42 Å². The predicted molar refractivity (Wildman–Crippen MR) is 57.5 cm³/mol. The second-order valence-corrected chi connectivity index (χ2v) is 5.75. The number of methoxy groups -OCH3 is 1. The normalized spacial score (nSPS) is 15.2. The van der Waals surface area contributed by atoms with Crippen LogP contribution in [-0.4, -0.2) is 31.3 Å². The summed E-state index contributed by atoms with van der Waals surface area (Å²) in [6, 6.07) is 0. The van der Waals surface area contributed by atoms with Gasteiger partial charge in [0.1, 0.15) is 0 Å². The summed E-state index contributed by atoms with van der Waals surface area (Å²) in [5.41, 5.74) is 0. The molecule has 0 rings (SSSR count). The molecule has 0 bridgehead atoms. The number of rotatable bonds is 6. The molecule has 0 saturated heterocycles. The van der Waals surface area contributed by atoms with Crippen LogP contribution >= 0.6 is 21.6 Å². The molecule has 0 aromatic heterocycles. The van der Waals surface area contributed by atoms with Gasteiger partial charge in [0.2, 0.25) is 6.54 Å². The third kappa shape index (κ3) is 4.91. The highest BCUT2D eigenvalue weighted by molar-refractivity contribution is 8.77. The predicted octanol–water partition coefficient (Wildman–Crippen LogP) is 2.71. The Hall–Kier alpha value is 0.150.